The normalized spacial score (nSPS) is 10.3. The van der Waals surface area contributed by atoms with Crippen molar-refractivity contribution in [3.63, 3.8) is 0 Å². The molecule has 8 heteroatoms. The molecule has 0 spiro atoms. The van der Waals surface area contributed by atoms with E-state index in [2.05, 4.69) is 0 Å². The first-order valence-electron chi connectivity index (χ1n) is 7.34. The summed E-state index contributed by atoms with van der Waals surface area (Å²) in [6.45, 7) is 5.74. The summed E-state index contributed by atoms with van der Waals surface area (Å²) < 4.78 is 20.5. The standard InChI is InChI=1S/C15H21NO7/c1-3-20-7-8-21-9-10-23-14-6-5-12(15(17)22-4-2)11-13(14)16(18)19/h5-6,11H,3-4,7-10H2,1-2H3. The third-order valence-corrected chi connectivity index (χ3v) is 2.73. The highest BCUT2D eigenvalue weighted by Gasteiger charge is 2.19. The molecule has 0 radical (unpaired) electrons. The van der Waals surface area contributed by atoms with E-state index in [9.17, 15) is 14.9 Å². The number of nitro benzene ring substituents is 1. The van der Waals surface area contributed by atoms with Crippen molar-refractivity contribution in [1.82, 2.24) is 0 Å². The first kappa shape index (κ1) is 18.9. The summed E-state index contributed by atoms with van der Waals surface area (Å²) in [5, 5.41) is 11.1. The highest BCUT2D eigenvalue weighted by molar-refractivity contribution is 5.90. The molecule has 0 aliphatic carbocycles. The van der Waals surface area contributed by atoms with Gasteiger partial charge >= 0.3 is 11.7 Å². The van der Waals surface area contributed by atoms with Gasteiger partial charge in [0, 0.05) is 12.7 Å². The number of hydrogen-bond donors (Lipinski definition) is 0. The minimum atomic E-state index is -0.610. The average Bonchev–Trinajstić information content (AvgIpc) is 2.54. The maximum atomic E-state index is 11.6. The number of carbonyl (C=O) groups is 1. The lowest BCUT2D eigenvalue weighted by Crippen LogP contribution is -2.12. The maximum absolute atomic E-state index is 11.6. The zero-order valence-corrected chi connectivity index (χ0v) is 13.3. The molecule has 0 aliphatic heterocycles. The topological polar surface area (TPSA) is 97.1 Å². The molecule has 0 aromatic heterocycles. The lowest BCUT2D eigenvalue weighted by Gasteiger charge is -2.09. The molecule has 0 fully saturated rings. The van der Waals surface area contributed by atoms with E-state index in [4.69, 9.17) is 18.9 Å². The van der Waals surface area contributed by atoms with Gasteiger partial charge in [-0.15, -0.1) is 0 Å². The van der Waals surface area contributed by atoms with Crippen molar-refractivity contribution in [3.05, 3.63) is 33.9 Å². The number of ether oxygens (including phenoxy) is 4. The van der Waals surface area contributed by atoms with Crippen LogP contribution in [0.25, 0.3) is 0 Å². The molecule has 128 valence electrons. The van der Waals surface area contributed by atoms with Crippen molar-refractivity contribution in [2.75, 3.05) is 39.6 Å². The Kier molecular flexibility index (Phi) is 8.63. The molecule has 23 heavy (non-hydrogen) atoms. The molecule has 8 nitrogen and oxygen atoms in total. The maximum Gasteiger partial charge on any atom is 0.338 e. The fourth-order valence-electron chi connectivity index (χ4n) is 1.70. The second-order valence-electron chi connectivity index (χ2n) is 4.32. The van der Waals surface area contributed by atoms with Gasteiger partial charge in [0.2, 0.25) is 0 Å². The number of nitrogens with zero attached hydrogens (tertiary/aromatic N) is 1. The molecular weight excluding hydrogens is 306 g/mol. The van der Waals surface area contributed by atoms with Crippen LogP contribution in [0.5, 0.6) is 5.75 Å². The molecule has 0 N–H and O–H groups in total. The number of benzene rings is 1. The van der Waals surface area contributed by atoms with E-state index in [1.165, 1.54) is 12.1 Å². The van der Waals surface area contributed by atoms with Crippen molar-refractivity contribution < 1.29 is 28.7 Å². The van der Waals surface area contributed by atoms with Crippen LogP contribution >= 0.6 is 0 Å². The Morgan fingerprint density at radius 2 is 1.78 bits per heavy atom. The zero-order valence-electron chi connectivity index (χ0n) is 13.3. The van der Waals surface area contributed by atoms with Gasteiger partial charge in [-0.1, -0.05) is 0 Å². The van der Waals surface area contributed by atoms with Crippen LogP contribution in [-0.4, -0.2) is 50.5 Å². The van der Waals surface area contributed by atoms with Crippen molar-refractivity contribution in [2.45, 2.75) is 13.8 Å². The summed E-state index contributed by atoms with van der Waals surface area (Å²) in [4.78, 5) is 22.1. The summed E-state index contributed by atoms with van der Waals surface area (Å²) in [5.74, 6) is -0.530. The fraction of sp³-hybridized carbons (Fsp3) is 0.533. The Morgan fingerprint density at radius 3 is 2.43 bits per heavy atom. The van der Waals surface area contributed by atoms with E-state index >= 15 is 0 Å². The molecule has 0 heterocycles. The van der Waals surface area contributed by atoms with Gasteiger partial charge in [0.15, 0.2) is 5.75 Å². The molecule has 1 aromatic rings. The molecule has 0 amide bonds. The summed E-state index contributed by atoms with van der Waals surface area (Å²) in [5.41, 5.74) is -0.177. The molecule has 0 aliphatic rings. The first-order valence-corrected chi connectivity index (χ1v) is 7.34. The van der Waals surface area contributed by atoms with E-state index in [0.717, 1.165) is 6.07 Å². The summed E-state index contributed by atoms with van der Waals surface area (Å²) in [6.07, 6.45) is 0. The SMILES string of the molecule is CCOCCOCCOc1ccc(C(=O)OCC)cc1[N+](=O)[O-]. The second kappa shape index (κ2) is 10.5. The van der Waals surface area contributed by atoms with Crippen LogP contribution < -0.4 is 4.74 Å². The number of hydrogen-bond acceptors (Lipinski definition) is 7. The van der Waals surface area contributed by atoms with Crippen LogP contribution in [0.4, 0.5) is 5.69 Å². The van der Waals surface area contributed by atoms with E-state index in [0.29, 0.717) is 19.8 Å². The molecule has 1 rings (SSSR count). The summed E-state index contributed by atoms with van der Waals surface area (Å²) in [6, 6.07) is 3.95. The molecular formula is C15H21NO7. The third kappa shape index (κ3) is 6.62. The van der Waals surface area contributed by atoms with Crippen LogP contribution in [0.2, 0.25) is 0 Å². The predicted octanol–water partition coefficient (Wildman–Crippen LogP) is 2.20. The van der Waals surface area contributed by atoms with E-state index in [1.807, 2.05) is 6.92 Å². The van der Waals surface area contributed by atoms with Crippen LogP contribution in [-0.2, 0) is 14.2 Å². The van der Waals surface area contributed by atoms with E-state index in [1.54, 1.807) is 6.92 Å². The van der Waals surface area contributed by atoms with Crippen molar-refractivity contribution in [3.8, 4) is 5.75 Å². The highest BCUT2D eigenvalue weighted by Crippen LogP contribution is 2.28. The number of esters is 1. The van der Waals surface area contributed by atoms with Gasteiger partial charge in [-0.2, -0.15) is 0 Å². The lowest BCUT2D eigenvalue weighted by atomic mass is 10.2. The summed E-state index contributed by atoms with van der Waals surface area (Å²) in [7, 11) is 0. The molecule has 0 saturated heterocycles. The second-order valence-corrected chi connectivity index (χ2v) is 4.32. The zero-order chi connectivity index (χ0) is 17.1. The van der Waals surface area contributed by atoms with Crippen LogP contribution in [0, 0.1) is 10.1 Å². The highest BCUT2D eigenvalue weighted by atomic mass is 16.6. The molecule has 1 aromatic carbocycles. The number of carbonyl (C=O) groups excluding carboxylic acids is 1. The predicted molar refractivity (Wildman–Crippen MR) is 81.9 cm³/mol. The monoisotopic (exact) mass is 327 g/mol. The third-order valence-electron chi connectivity index (χ3n) is 2.73. The van der Waals surface area contributed by atoms with Gasteiger partial charge in [-0.05, 0) is 26.0 Å². The molecule has 0 unspecified atom stereocenters. The number of nitro groups is 1. The van der Waals surface area contributed by atoms with E-state index in [-0.39, 0.29) is 36.8 Å². The van der Waals surface area contributed by atoms with Crippen LogP contribution in [0.1, 0.15) is 24.2 Å². The largest absolute Gasteiger partial charge is 0.484 e. The Bertz CT molecular complexity index is 519. The lowest BCUT2D eigenvalue weighted by molar-refractivity contribution is -0.385. The van der Waals surface area contributed by atoms with Gasteiger partial charge in [0.25, 0.3) is 0 Å². The first-order chi connectivity index (χ1) is 11.1. The molecule has 0 atom stereocenters. The van der Waals surface area contributed by atoms with E-state index < -0.39 is 10.9 Å². The average molecular weight is 327 g/mol. The van der Waals surface area contributed by atoms with Gasteiger partial charge in [0.1, 0.15) is 6.61 Å². The quantitative estimate of drug-likeness (QED) is 0.266. The van der Waals surface area contributed by atoms with Crippen molar-refractivity contribution in [1.29, 1.82) is 0 Å². The Labute approximate surface area is 134 Å². The Balaban J connectivity index is 2.57. The van der Waals surface area contributed by atoms with Crippen molar-refractivity contribution >= 4 is 11.7 Å². The van der Waals surface area contributed by atoms with Gasteiger partial charge in [-0.25, -0.2) is 4.79 Å². The van der Waals surface area contributed by atoms with Crippen molar-refractivity contribution in [2.24, 2.45) is 0 Å². The smallest absolute Gasteiger partial charge is 0.338 e. The fourth-order valence-corrected chi connectivity index (χ4v) is 1.70. The Morgan fingerprint density at radius 1 is 1.09 bits per heavy atom. The Hall–Kier alpha value is -2.19. The molecule has 0 bridgehead atoms. The van der Waals surface area contributed by atoms with Crippen LogP contribution in [0.15, 0.2) is 18.2 Å². The van der Waals surface area contributed by atoms with Gasteiger partial charge < -0.3 is 18.9 Å². The van der Waals surface area contributed by atoms with Crippen LogP contribution in [0.3, 0.4) is 0 Å². The minimum absolute atomic E-state index is 0.0801. The van der Waals surface area contributed by atoms with Gasteiger partial charge in [0.05, 0.1) is 36.9 Å². The molecule has 0 saturated carbocycles. The number of rotatable bonds is 11. The summed E-state index contributed by atoms with van der Waals surface area (Å²) >= 11 is 0. The minimum Gasteiger partial charge on any atom is -0.484 e. The van der Waals surface area contributed by atoms with Gasteiger partial charge in [-0.3, -0.25) is 10.1 Å².